The number of nitrogens with zero attached hydrogens (tertiary/aromatic N) is 1. The molecule has 1 aliphatic heterocycles. The molecule has 1 rings (SSSR count). The van der Waals surface area contributed by atoms with Gasteiger partial charge in [0.15, 0.2) is 0 Å². The van der Waals surface area contributed by atoms with Crippen molar-refractivity contribution in [3.63, 3.8) is 0 Å². The summed E-state index contributed by atoms with van der Waals surface area (Å²) in [5.41, 5.74) is 4.69. The van der Waals surface area contributed by atoms with Gasteiger partial charge in [-0.05, 0) is 53.2 Å². The summed E-state index contributed by atoms with van der Waals surface area (Å²) in [6.45, 7) is 12.7. The normalized spacial score (nSPS) is 19.3. The summed E-state index contributed by atoms with van der Waals surface area (Å²) in [5.74, 6) is 0. The molecule has 0 radical (unpaired) electrons. The molecule has 1 aliphatic rings. The van der Waals surface area contributed by atoms with Crippen LogP contribution in [0.5, 0.6) is 0 Å². The van der Waals surface area contributed by atoms with Crippen molar-refractivity contribution in [2.45, 2.75) is 47.1 Å². The summed E-state index contributed by atoms with van der Waals surface area (Å²) in [5, 5.41) is 0. The Morgan fingerprint density at radius 1 is 1.29 bits per heavy atom. The molecule has 1 heteroatoms. The van der Waals surface area contributed by atoms with Gasteiger partial charge in [-0.25, -0.2) is 0 Å². The van der Waals surface area contributed by atoms with Gasteiger partial charge in [-0.1, -0.05) is 35.5 Å². The van der Waals surface area contributed by atoms with Crippen LogP contribution < -0.4 is 0 Å². The van der Waals surface area contributed by atoms with Gasteiger partial charge in [-0.15, -0.1) is 0 Å². The highest BCUT2D eigenvalue weighted by molar-refractivity contribution is 6.11. The van der Waals surface area contributed by atoms with Crippen LogP contribution >= 0.6 is 0 Å². The fourth-order valence-corrected chi connectivity index (χ4v) is 2.04. The van der Waals surface area contributed by atoms with Crippen LogP contribution in [0.15, 0.2) is 52.1 Å². The molecule has 0 saturated carbocycles. The number of hydrogen-bond acceptors (Lipinski definition) is 1. The molecule has 1 heterocycles. The second-order valence-electron chi connectivity index (χ2n) is 5.36. The highest BCUT2D eigenvalue weighted by atomic mass is 14.8. The van der Waals surface area contributed by atoms with Crippen molar-refractivity contribution >= 4 is 5.71 Å². The van der Waals surface area contributed by atoms with Gasteiger partial charge in [0.05, 0.1) is 11.3 Å². The summed E-state index contributed by atoms with van der Waals surface area (Å²) in [7, 11) is 0. The monoisotopic (exact) mass is 229 g/mol. The van der Waals surface area contributed by atoms with E-state index >= 15 is 0 Å². The maximum atomic E-state index is 4.82. The van der Waals surface area contributed by atoms with Crippen molar-refractivity contribution < 1.29 is 0 Å². The van der Waals surface area contributed by atoms with Gasteiger partial charge < -0.3 is 0 Å². The zero-order valence-electron chi connectivity index (χ0n) is 11.8. The molecule has 0 saturated heterocycles. The first-order chi connectivity index (χ1) is 7.84. The molecule has 0 aromatic heterocycles. The second kappa shape index (κ2) is 5.31. The first kappa shape index (κ1) is 13.7. The molecule has 1 nitrogen and oxygen atoms in total. The van der Waals surface area contributed by atoms with E-state index in [1.807, 2.05) is 13.0 Å². The van der Waals surface area contributed by atoms with E-state index in [4.69, 9.17) is 4.99 Å². The lowest BCUT2D eigenvalue weighted by Gasteiger charge is -2.15. The van der Waals surface area contributed by atoms with Crippen molar-refractivity contribution in [2.75, 3.05) is 0 Å². The van der Waals surface area contributed by atoms with Crippen LogP contribution in [0.4, 0.5) is 0 Å². The highest BCUT2D eigenvalue weighted by Gasteiger charge is 2.17. The lowest BCUT2D eigenvalue weighted by molar-refractivity contribution is 0.656. The van der Waals surface area contributed by atoms with E-state index in [9.17, 15) is 0 Å². The Hall–Kier alpha value is -1.37. The number of hydrogen-bond donors (Lipinski definition) is 0. The van der Waals surface area contributed by atoms with Crippen molar-refractivity contribution in [3.05, 3.63) is 47.1 Å². The van der Waals surface area contributed by atoms with Crippen LogP contribution in [0.25, 0.3) is 0 Å². The second-order valence-corrected chi connectivity index (χ2v) is 5.36. The van der Waals surface area contributed by atoms with E-state index in [-0.39, 0.29) is 5.54 Å². The van der Waals surface area contributed by atoms with Crippen molar-refractivity contribution in [2.24, 2.45) is 4.99 Å². The fourth-order valence-electron chi connectivity index (χ4n) is 2.04. The lowest BCUT2D eigenvalue weighted by atomic mass is 10.0. The Kier molecular flexibility index (Phi) is 4.28. The Morgan fingerprint density at radius 3 is 2.47 bits per heavy atom. The maximum absolute atomic E-state index is 4.82. The minimum Gasteiger partial charge on any atom is -0.275 e. The van der Waals surface area contributed by atoms with Crippen molar-refractivity contribution in [3.8, 4) is 0 Å². The zero-order valence-corrected chi connectivity index (χ0v) is 11.8. The topological polar surface area (TPSA) is 12.4 Å². The zero-order chi connectivity index (χ0) is 13.1. The minimum absolute atomic E-state index is 0.132. The van der Waals surface area contributed by atoms with E-state index in [1.54, 1.807) is 0 Å². The number of rotatable bonds is 2. The quantitative estimate of drug-likeness (QED) is 0.654. The molecule has 0 spiro atoms. The first-order valence-corrected chi connectivity index (χ1v) is 6.13. The van der Waals surface area contributed by atoms with Crippen LogP contribution in [0.2, 0.25) is 0 Å². The van der Waals surface area contributed by atoms with Gasteiger partial charge >= 0.3 is 0 Å². The first-order valence-electron chi connectivity index (χ1n) is 6.13. The van der Waals surface area contributed by atoms with Crippen LogP contribution in [-0.2, 0) is 0 Å². The Bertz CT molecular complexity index is 436. The third-order valence-corrected chi connectivity index (χ3v) is 2.44. The van der Waals surface area contributed by atoms with Crippen LogP contribution in [0.1, 0.15) is 41.5 Å². The standard InChI is InChI=1S/C16H23N/c1-7-8-15-14(9-12(2)3)10-13(4)11-16(5,6)17-15/h7-11H,1-6H3/b8-7-. The molecule has 0 aromatic rings. The molecule has 17 heavy (non-hydrogen) atoms. The number of aliphatic imine (C=N–C) groups is 1. The van der Waals surface area contributed by atoms with Gasteiger partial charge in [0.2, 0.25) is 0 Å². The predicted octanol–water partition coefficient (Wildman–Crippen LogP) is 4.63. The largest absolute Gasteiger partial charge is 0.275 e. The molecule has 0 atom stereocenters. The van der Waals surface area contributed by atoms with Gasteiger partial charge in [0, 0.05) is 0 Å². The van der Waals surface area contributed by atoms with Gasteiger partial charge in [0.25, 0.3) is 0 Å². The fraction of sp³-hybridized carbons (Fsp3) is 0.438. The minimum atomic E-state index is -0.132. The van der Waals surface area contributed by atoms with Crippen LogP contribution in [0, 0.1) is 0 Å². The molecule has 92 valence electrons. The number of allylic oxidation sites excluding steroid dienone is 7. The van der Waals surface area contributed by atoms with Crippen LogP contribution in [-0.4, -0.2) is 11.3 Å². The maximum Gasteiger partial charge on any atom is 0.0744 e. The van der Waals surface area contributed by atoms with Gasteiger partial charge in [-0.3, -0.25) is 4.99 Å². The summed E-state index contributed by atoms with van der Waals surface area (Å²) in [6, 6.07) is 0. The smallest absolute Gasteiger partial charge is 0.0744 e. The predicted molar refractivity (Wildman–Crippen MR) is 77.6 cm³/mol. The van der Waals surface area contributed by atoms with E-state index in [0.29, 0.717) is 0 Å². The summed E-state index contributed by atoms with van der Waals surface area (Å²) >= 11 is 0. The Morgan fingerprint density at radius 2 is 1.94 bits per heavy atom. The molecule has 0 aromatic carbocycles. The van der Waals surface area contributed by atoms with Crippen LogP contribution in [0.3, 0.4) is 0 Å². The summed E-state index contributed by atoms with van der Waals surface area (Å²) < 4.78 is 0. The molecule has 0 amide bonds. The summed E-state index contributed by atoms with van der Waals surface area (Å²) in [4.78, 5) is 4.82. The summed E-state index contributed by atoms with van der Waals surface area (Å²) in [6.07, 6.45) is 10.7. The van der Waals surface area contributed by atoms with Gasteiger partial charge in [0.1, 0.15) is 0 Å². The molecule has 0 bridgehead atoms. The molecule has 0 unspecified atom stereocenters. The Balaban J connectivity index is 3.34. The molecule has 0 fully saturated rings. The average Bonchev–Trinajstić information content (AvgIpc) is 2.22. The van der Waals surface area contributed by atoms with E-state index < -0.39 is 0 Å². The molecular formula is C16H23N. The van der Waals surface area contributed by atoms with E-state index in [0.717, 1.165) is 5.71 Å². The van der Waals surface area contributed by atoms with E-state index in [1.165, 1.54) is 16.7 Å². The third kappa shape index (κ3) is 4.18. The third-order valence-electron chi connectivity index (χ3n) is 2.44. The Labute approximate surface area is 105 Å². The SMILES string of the molecule is C/C=C\C1=NC(C)(C)C=C(C)C=C1C=C(C)C. The van der Waals surface area contributed by atoms with Gasteiger partial charge in [-0.2, -0.15) is 0 Å². The van der Waals surface area contributed by atoms with E-state index in [2.05, 4.69) is 58.9 Å². The lowest BCUT2D eigenvalue weighted by Crippen LogP contribution is -2.15. The van der Waals surface area contributed by atoms with Crippen molar-refractivity contribution in [1.29, 1.82) is 0 Å². The molecular weight excluding hydrogens is 206 g/mol. The average molecular weight is 229 g/mol. The van der Waals surface area contributed by atoms with Crippen molar-refractivity contribution in [1.82, 2.24) is 0 Å². The highest BCUT2D eigenvalue weighted by Crippen LogP contribution is 2.22. The molecule has 0 aliphatic carbocycles. The molecule has 0 N–H and O–H groups in total.